The van der Waals surface area contributed by atoms with Crippen molar-refractivity contribution < 1.29 is 24.2 Å². The highest BCUT2D eigenvalue weighted by molar-refractivity contribution is 5.98. The molecule has 0 saturated carbocycles. The van der Waals surface area contributed by atoms with Crippen molar-refractivity contribution in [2.24, 2.45) is 0 Å². The summed E-state index contributed by atoms with van der Waals surface area (Å²) >= 11 is 0. The highest BCUT2D eigenvalue weighted by Crippen LogP contribution is 2.13. The largest absolute Gasteiger partial charge is 0.481 e. The molecule has 2 N–H and O–H groups in total. The first-order valence-electron chi connectivity index (χ1n) is 7.03. The van der Waals surface area contributed by atoms with E-state index >= 15 is 0 Å². The van der Waals surface area contributed by atoms with Gasteiger partial charge in [0.15, 0.2) is 0 Å². The van der Waals surface area contributed by atoms with Gasteiger partial charge in [0.2, 0.25) is 0 Å². The molecule has 0 spiro atoms. The third-order valence-electron chi connectivity index (χ3n) is 3.22. The number of ether oxygens (including phenoxy) is 1. The van der Waals surface area contributed by atoms with Crippen LogP contribution in [0, 0.1) is 0 Å². The molecule has 7 heteroatoms. The third kappa shape index (κ3) is 5.37. The highest BCUT2D eigenvalue weighted by atomic mass is 16.5. The lowest BCUT2D eigenvalue weighted by molar-refractivity contribution is -0.139. The molecule has 0 aliphatic rings. The molecule has 0 saturated heterocycles. The molecule has 2 amide bonds. The molecule has 0 radical (unpaired) electrons. The maximum absolute atomic E-state index is 12.3. The van der Waals surface area contributed by atoms with Gasteiger partial charge < -0.3 is 20.1 Å². The number of hydrogen-bond donors (Lipinski definition) is 2. The number of aliphatic carboxylic acids is 1. The molecule has 1 aromatic rings. The summed E-state index contributed by atoms with van der Waals surface area (Å²) < 4.78 is 4.99. The van der Waals surface area contributed by atoms with Crippen LogP contribution < -0.4 is 5.32 Å². The van der Waals surface area contributed by atoms with Gasteiger partial charge in [-0.25, -0.2) is 0 Å². The molecule has 1 rings (SSSR count). The van der Waals surface area contributed by atoms with Crippen molar-refractivity contribution in [1.82, 2.24) is 10.2 Å². The van der Waals surface area contributed by atoms with Gasteiger partial charge in [0.05, 0.1) is 18.6 Å². The summed E-state index contributed by atoms with van der Waals surface area (Å²) in [5.41, 5.74) is -0.208. The topological polar surface area (TPSA) is 95.9 Å². The van der Waals surface area contributed by atoms with Gasteiger partial charge >= 0.3 is 5.97 Å². The van der Waals surface area contributed by atoms with E-state index in [-0.39, 0.29) is 18.9 Å². The van der Waals surface area contributed by atoms with E-state index in [9.17, 15) is 14.4 Å². The molecule has 0 aliphatic heterocycles. The highest BCUT2D eigenvalue weighted by Gasteiger charge is 2.30. The summed E-state index contributed by atoms with van der Waals surface area (Å²) in [4.78, 5) is 36.5. The van der Waals surface area contributed by atoms with Crippen LogP contribution in [0.2, 0.25) is 0 Å². The van der Waals surface area contributed by atoms with E-state index in [1.165, 1.54) is 24.1 Å². The molecule has 7 nitrogen and oxygen atoms in total. The molecular weight excluding hydrogens is 300 g/mol. The number of carbonyl (C=O) groups excluding carboxylic acids is 2. The second kappa shape index (κ2) is 7.73. The Hall–Kier alpha value is -2.41. The van der Waals surface area contributed by atoms with Crippen molar-refractivity contribution >= 4 is 17.8 Å². The van der Waals surface area contributed by atoms with Crippen LogP contribution in [0.5, 0.6) is 0 Å². The summed E-state index contributed by atoms with van der Waals surface area (Å²) in [7, 11) is 4.73. The Kier molecular flexibility index (Phi) is 6.27. The maximum atomic E-state index is 12.3. The number of benzene rings is 1. The zero-order chi connectivity index (χ0) is 17.6. The van der Waals surface area contributed by atoms with E-state index < -0.39 is 17.4 Å². The van der Waals surface area contributed by atoms with Crippen LogP contribution in [0.15, 0.2) is 24.3 Å². The Morgan fingerprint density at radius 1 is 1.17 bits per heavy atom. The van der Waals surface area contributed by atoms with E-state index in [4.69, 9.17) is 9.84 Å². The molecule has 126 valence electrons. The van der Waals surface area contributed by atoms with Gasteiger partial charge in [-0.3, -0.25) is 14.4 Å². The predicted octanol–water partition coefficient (Wildman–Crippen LogP) is 0.998. The van der Waals surface area contributed by atoms with Gasteiger partial charge in [-0.05, 0) is 31.2 Å². The van der Waals surface area contributed by atoms with Gasteiger partial charge in [-0.15, -0.1) is 0 Å². The number of carboxylic acid groups (broad SMARTS) is 1. The molecule has 1 aromatic carbocycles. The SMILES string of the molecule is COCC(C)(CC(=O)O)NC(=O)c1ccc(C(=O)N(C)C)cc1. The van der Waals surface area contributed by atoms with Gasteiger partial charge in [-0.1, -0.05) is 0 Å². The van der Waals surface area contributed by atoms with Crippen LogP contribution in [0.3, 0.4) is 0 Å². The number of nitrogens with zero attached hydrogens (tertiary/aromatic N) is 1. The Balaban J connectivity index is 2.88. The van der Waals surface area contributed by atoms with Gasteiger partial charge in [0.1, 0.15) is 0 Å². The normalized spacial score (nSPS) is 13.0. The Labute approximate surface area is 135 Å². The minimum atomic E-state index is -1.03. The lowest BCUT2D eigenvalue weighted by atomic mass is 9.98. The van der Waals surface area contributed by atoms with Gasteiger partial charge in [0, 0.05) is 32.3 Å². The van der Waals surface area contributed by atoms with Gasteiger partial charge in [0.25, 0.3) is 11.8 Å². The van der Waals surface area contributed by atoms with Crippen LogP contribution in [-0.4, -0.2) is 61.1 Å². The first-order chi connectivity index (χ1) is 10.7. The van der Waals surface area contributed by atoms with E-state index in [0.717, 1.165) is 0 Å². The number of rotatable bonds is 7. The second-order valence-electron chi connectivity index (χ2n) is 5.80. The Bertz CT molecular complexity index is 583. The summed E-state index contributed by atoms with van der Waals surface area (Å²) in [5, 5.41) is 11.6. The number of carboxylic acids is 1. The quantitative estimate of drug-likeness (QED) is 0.781. The van der Waals surface area contributed by atoms with Crippen molar-refractivity contribution in [3.8, 4) is 0 Å². The lowest BCUT2D eigenvalue weighted by Gasteiger charge is -2.28. The number of carbonyl (C=O) groups is 3. The summed E-state index contributed by atoms with van der Waals surface area (Å²) in [6, 6.07) is 6.17. The molecule has 0 aromatic heterocycles. The molecule has 1 atom stereocenters. The molecule has 0 bridgehead atoms. The predicted molar refractivity (Wildman–Crippen MR) is 84.5 cm³/mol. The zero-order valence-corrected chi connectivity index (χ0v) is 13.8. The smallest absolute Gasteiger partial charge is 0.305 e. The van der Waals surface area contributed by atoms with Crippen molar-refractivity contribution in [2.75, 3.05) is 27.8 Å². The monoisotopic (exact) mass is 322 g/mol. The fraction of sp³-hybridized carbons (Fsp3) is 0.438. The number of nitrogens with one attached hydrogen (secondary N) is 1. The Morgan fingerprint density at radius 3 is 2.13 bits per heavy atom. The molecule has 23 heavy (non-hydrogen) atoms. The van der Waals surface area contributed by atoms with Crippen LogP contribution in [-0.2, 0) is 9.53 Å². The van der Waals surface area contributed by atoms with Crippen LogP contribution >= 0.6 is 0 Å². The number of hydrogen-bond acceptors (Lipinski definition) is 4. The van der Waals surface area contributed by atoms with E-state index in [2.05, 4.69) is 5.32 Å². The molecule has 0 heterocycles. The fourth-order valence-electron chi connectivity index (χ4n) is 2.15. The van der Waals surface area contributed by atoms with Crippen LogP contribution in [0.25, 0.3) is 0 Å². The molecule has 1 unspecified atom stereocenters. The van der Waals surface area contributed by atoms with Crippen molar-refractivity contribution in [2.45, 2.75) is 18.9 Å². The Morgan fingerprint density at radius 2 is 1.70 bits per heavy atom. The standard InChI is InChI=1S/C16H22N2O5/c1-16(10-23-4,9-13(19)20)17-14(21)11-5-7-12(8-6-11)15(22)18(2)3/h5-8H,9-10H2,1-4H3,(H,17,21)(H,19,20). The number of amides is 2. The van der Waals surface area contributed by atoms with E-state index in [1.54, 1.807) is 33.2 Å². The van der Waals surface area contributed by atoms with Gasteiger partial charge in [-0.2, -0.15) is 0 Å². The van der Waals surface area contributed by atoms with Crippen molar-refractivity contribution in [1.29, 1.82) is 0 Å². The van der Waals surface area contributed by atoms with Crippen LogP contribution in [0.1, 0.15) is 34.1 Å². The maximum Gasteiger partial charge on any atom is 0.305 e. The summed E-state index contributed by atoms with van der Waals surface area (Å²) in [5.74, 6) is -1.61. The first-order valence-corrected chi connectivity index (χ1v) is 7.03. The zero-order valence-electron chi connectivity index (χ0n) is 13.8. The molecule has 0 fully saturated rings. The number of methoxy groups -OCH3 is 1. The minimum absolute atomic E-state index is 0.0717. The average Bonchev–Trinajstić information content (AvgIpc) is 2.45. The van der Waals surface area contributed by atoms with E-state index in [1.807, 2.05) is 0 Å². The molecule has 0 aliphatic carbocycles. The summed E-state index contributed by atoms with van der Waals surface area (Å²) in [6.07, 6.45) is -0.260. The third-order valence-corrected chi connectivity index (χ3v) is 3.22. The molecular formula is C16H22N2O5. The average molecular weight is 322 g/mol. The first kappa shape index (κ1) is 18.6. The second-order valence-corrected chi connectivity index (χ2v) is 5.80. The summed E-state index contributed by atoms with van der Waals surface area (Å²) in [6.45, 7) is 1.68. The van der Waals surface area contributed by atoms with Crippen molar-refractivity contribution in [3.63, 3.8) is 0 Å². The lowest BCUT2D eigenvalue weighted by Crippen LogP contribution is -2.50. The van der Waals surface area contributed by atoms with E-state index in [0.29, 0.717) is 11.1 Å². The fourth-order valence-corrected chi connectivity index (χ4v) is 2.15. The van der Waals surface area contributed by atoms with Crippen LogP contribution in [0.4, 0.5) is 0 Å². The van der Waals surface area contributed by atoms with Crippen molar-refractivity contribution in [3.05, 3.63) is 35.4 Å². The minimum Gasteiger partial charge on any atom is -0.481 e.